The highest BCUT2D eigenvalue weighted by atomic mass is 32.1. The van der Waals surface area contributed by atoms with Crippen LogP contribution in [0.25, 0.3) is 0 Å². The van der Waals surface area contributed by atoms with Crippen molar-refractivity contribution in [3.8, 4) is 0 Å². The normalized spacial score (nSPS) is 16.7. The number of amides is 1. The summed E-state index contributed by atoms with van der Waals surface area (Å²) >= 11 is 1.62. The predicted molar refractivity (Wildman–Crippen MR) is 116 cm³/mol. The first kappa shape index (κ1) is 19.8. The lowest BCUT2D eigenvalue weighted by Gasteiger charge is -2.38. The summed E-state index contributed by atoms with van der Waals surface area (Å²) in [5, 5.41) is 3.96. The summed E-state index contributed by atoms with van der Waals surface area (Å²) in [6, 6.07) is 9.45. The van der Waals surface area contributed by atoms with Crippen molar-refractivity contribution in [1.82, 2.24) is 14.8 Å². The summed E-state index contributed by atoms with van der Waals surface area (Å²) in [5.41, 5.74) is 3.35. The van der Waals surface area contributed by atoms with E-state index in [4.69, 9.17) is 4.42 Å². The Bertz CT molecular complexity index is 960. The third kappa shape index (κ3) is 4.12. The van der Waals surface area contributed by atoms with Gasteiger partial charge in [0.15, 0.2) is 5.76 Å². The van der Waals surface area contributed by atoms with Crippen LogP contribution in [0.3, 0.4) is 0 Å². The number of hydrogen-bond acceptors (Lipinski definition) is 6. The lowest BCUT2D eigenvalue weighted by molar-refractivity contribution is 0.0996. The molecule has 1 fully saturated rings. The summed E-state index contributed by atoms with van der Waals surface area (Å²) in [7, 11) is 2.15. The summed E-state index contributed by atoms with van der Waals surface area (Å²) < 4.78 is 5.28. The molecule has 0 saturated carbocycles. The number of furan rings is 1. The molecule has 0 aromatic carbocycles. The van der Waals surface area contributed by atoms with Crippen LogP contribution in [-0.4, -0.2) is 53.9 Å². The molecule has 152 valence electrons. The topological polar surface area (TPSA) is 61.6 Å². The number of hydrogen-bond donors (Lipinski definition) is 1. The zero-order valence-electron chi connectivity index (χ0n) is 17.0. The second kappa shape index (κ2) is 8.49. The average molecular weight is 411 g/mol. The third-order valence-corrected chi connectivity index (χ3v) is 6.69. The minimum atomic E-state index is -0.226. The SMILES string of the molecule is Cc1sc(NC(=O)c2ccco2)c([C@H](c2ccccn2)N2CCN(C)CC2)c1C. The molecule has 3 aromatic heterocycles. The zero-order valence-corrected chi connectivity index (χ0v) is 17.8. The number of piperazine rings is 1. The van der Waals surface area contributed by atoms with Crippen LogP contribution in [-0.2, 0) is 0 Å². The van der Waals surface area contributed by atoms with Crippen LogP contribution < -0.4 is 5.32 Å². The fourth-order valence-electron chi connectivity index (χ4n) is 3.77. The number of thiophene rings is 1. The number of aromatic nitrogens is 1. The van der Waals surface area contributed by atoms with Crippen molar-refractivity contribution in [2.24, 2.45) is 0 Å². The molecule has 0 bridgehead atoms. The van der Waals surface area contributed by atoms with Crippen LogP contribution in [0, 0.1) is 13.8 Å². The largest absolute Gasteiger partial charge is 0.459 e. The highest BCUT2D eigenvalue weighted by Crippen LogP contribution is 2.42. The molecule has 0 unspecified atom stereocenters. The Hall–Kier alpha value is -2.48. The van der Waals surface area contributed by atoms with Gasteiger partial charge in [-0.25, -0.2) is 0 Å². The lowest BCUT2D eigenvalue weighted by Crippen LogP contribution is -2.46. The van der Waals surface area contributed by atoms with Gasteiger partial charge in [-0.15, -0.1) is 11.3 Å². The molecule has 29 heavy (non-hydrogen) atoms. The van der Waals surface area contributed by atoms with Crippen molar-refractivity contribution in [3.63, 3.8) is 0 Å². The number of nitrogens with one attached hydrogen (secondary N) is 1. The van der Waals surface area contributed by atoms with Gasteiger partial charge in [0.1, 0.15) is 5.00 Å². The second-order valence-corrected chi connectivity index (χ2v) is 8.68. The van der Waals surface area contributed by atoms with Crippen LogP contribution in [0.4, 0.5) is 5.00 Å². The highest BCUT2D eigenvalue weighted by Gasteiger charge is 2.32. The van der Waals surface area contributed by atoms with E-state index >= 15 is 0 Å². The summed E-state index contributed by atoms with van der Waals surface area (Å²) in [6.45, 7) is 8.18. The van der Waals surface area contributed by atoms with E-state index in [0.29, 0.717) is 5.76 Å². The number of carbonyl (C=O) groups is 1. The zero-order chi connectivity index (χ0) is 20.4. The first-order valence-corrected chi connectivity index (χ1v) is 10.6. The van der Waals surface area contributed by atoms with Crippen molar-refractivity contribution in [3.05, 3.63) is 70.3 Å². The average Bonchev–Trinajstić information content (AvgIpc) is 3.35. The van der Waals surface area contributed by atoms with Crippen molar-refractivity contribution in [1.29, 1.82) is 0 Å². The molecule has 1 N–H and O–H groups in total. The van der Waals surface area contributed by atoms with Crippen molar-refractivity contribution >= 4 is 22.2 Å². The lowest BCUT2D eigenvalue weighted by atomic mass is 9.97. The number of anilines is 1. The van der Waals surface area contributed by atoms with Crippen LogP contribution in [0.1, 0.15) is 38.3 Å². The van der Waals surface area contributed by atoms with Crippen LogP contribution in [0.5, 0.6) is 0 Å². The number of rotatable bonds is 5. The molecule has 0 radical (unpaired) electrons. The van der Waals surface area contributed by atoms with E-state index in [0.717, 1.165) is 42.4 Å². The molecule has 7 heteroatoms. The van der Waals surface area contributed by atoms with Gasteiger partial charge >= 0.3 is 0 Å². The Kier molecular flexibility index (Phi) is 5.80. The van der Waals surface area contributed by atoms with Crippen LogP contribution >= 0.6 is 11.3 Å². The van der Waals surface area contributed by atoms with E-state index in [1.54, 1.807) is 23.5 Å². The maximum Gasteiger partial charge on any atom is 0.291 e. The van der Waals surface area contributed by atoms with Crippen LogP contribution in [0.2, 0.25) is 0 Å². The molecule has 1 aliphatic rings. The van der Waals surface area contributed by atoms with E-state index in [-0.39, 0.29) is 11.9 Å². The van der Waals surface area contributed by atoms with E-state index < -0.39 is 0 Å². The minimum absolute atomic E-state index is 0.00162. The predicted octanol–water partition coefficient (Wildman–Crippen LogP) is 3.94. The summed E-state index contributed by atoms with van der Waals surface area (Å²) in [6.07, 6.45) is 3.36. The maximum atomic E-state index is 12.7. The molecule has 1 atom stereocenters. The first-order chi connectivity index (χ1) is 14.0. The molecule has 4 rings (SSSR count). The number of nitrogens with zero attached hydrogens (tertiary/aromatic N) is 3. The number of likely N-dealkylation sites (N-methyl/N-ethyl adjacent to an activating group) is 1. The molecule has 0 spiro atoms. The molecule has 4 heterocycles. The maximum absolute atomic E-state index is 12.7. The number of carbonyl (C=O) groups excluding carboxylic acids is 1. The first-order valence-electron chi connectivity index (χ1n) is 9.83. The minimum Gasteiger partial charge on any atom is -0.459 e. The Morgan fingerprint density at radius 2 is 1.97 bits per heavy atom. The fraction of sp³-hybridized carbons (Fsp3) is 0.364. The third-order valence-electron chi connectivity index (χ3n) is 5.55. The summed E-state index contributed by atoms with van der Waals surface area (Å²) in [4.78, 5) is 23.4. The van der Waals surface area contributed by atoms with E-state index in [9.17, 15) is 4.79 Å². The molecular weight excluding hydrogens is 384 g/mol. The van der Waals surface area contributed by atoms with Gasteiger partial charge in [-0.3, -0.25) is 14.7 Å². The van der Waals surface area contributed by atoms with E-state index in [1.165, 1.54) is 16.7 Å². The Labute approximate surface area is 175 Å². The molecule has 1 amide bonds. The quantitative estimate of drug-likeness (QED) is 0.690. The molecule has 1 saturated heterocycles. The van der Waals surface area contributed by atoms with Gasteiger partial charge in [0.05, 0.1) is 18.0 Å². The monoisotopic (exact) mass is 410 g/mol. The highest BCUT2D eigenvalue weighted by molar-refractivity contribution is 7.16. The Morgan fingerprint density at radius 3 is 2.62 bits per heavy atom. The molecule has 1 aliphatic heterocycles. The van der Waals surface area contributed by atoms with Crippen LogP contribution in [0.15, 0.2) is 47.2 Å². The van der Waals surface area contributed by atoms with Crippen molar-refractivity contribution in [2.45, 2.75) is 19.9 Å². The standard InChI is InChI=1S/C22H26N4O2S/c1-15-16(2)29-22(24-21(27)18-8-6-14-28-18)19(15)20(17-7-4-5-9-23-17)26-12-10-25(3)11-13-26/h4-9,14,20H,10-13H2,1-3H3,(H,24,27)/t20-/m0/s1. The van der Waals surface area contributed by atoms with Crippen molar-refractivity contribution < 1.29 is 9.21 Å². The smallest absolute Gasteiger partial charge is 0.291 e. The molecule has 3 aromatic rings. The van der Waals surface area contributed by atoms with Gasteiger partial charge in [-0.05, 0) is 50.7 Å². The van der Waals surface area contributed by atoms with Gasteiger partial charge in [0.25, 0.3) is 5.91 Å². The van der Waals surface area contributed by atoms with E-state index in [2.05, 4.69) is 47.1 Å². The number of aryl methyl sites for hydroxylation is 1. The second-order valence-electron chi connectivity index (χ2n) is 7.45. The van der Waals surface area contributed by atoms with E-state index in [1.807, 2.05) is 18.3 Å². The van der Waals surface area contributed by atoms with Gasteiger partial charge in [-0.1, -0.05) is 6.07 Å². The Balaban J connectivity index is 1.75. The van der Waals surface area contributed by atoms with Gasteiger partial charge in [0.2, 0.25) is 0 Å². The van der Waals surface area contributed by atoms with Gasteiger partial charge in [0, 0.05) is 42.8 Å². The molecule has 6 nitrogen and oxygen atoms in total. The Morgan fingerprint density at radius 1 is 1.17 bits per heavy atom. The fourth-order valence-corrected chi connectivity index (χ4v) is 4.86. The van der Waals surface area contributed by atoms with Gasteiger partial charge in [-0.2, -0.15) is 0 Å². The molecule has 0 aliphatic carbocycles. The number of pyridine rings is 1. The summed E-state index contributed by atoms with van der Waals surface area (Å²) in [5.74, 6) is 0.0873. The molecular formula is C22H26N4O2S. The van der Waals surface area contributed by atoms with Gasteiger partial charge < -0.3 is 14.6 Å². The van der Waals surface area contributed by atoms with Crippen molar-refractivity contribution in [2.75, 3.05) is 38.5 Å².